The van der Waals surface area contributed by atoms with E-state index >= 15 is 0 Å². The van der Waals surface area contributed by atoms with Crippen molar-refractivity contribution in [2.75, 3.05) is 24.6 Å². The first-order valence-electron chi connectivity index (χ1n) is 12.2. The molecule has 2 aromatic rings. The Bertz CT molecular complexity index is 1040. The lowest BCUT2D eigenvalue weighted by Crippen LogP contribution is -2.49. The highest BCUT2D eigenvalue weighted by molar-refractivity contribution is 6.05. The van der Waals surface area contributed by atoms with E-state index in [2.05, 4.69) is 28.4 Å². The second-order valence-electron chi connectivity index (χ2n) is 8.45. The maximum absolute atomic E-state index is 12.2. The molecule has 0 saturated carbocycles. The van der Waals surface area contributed by atoms with E-state index in [9.17, 15) is 19.2 Å². The highest BCUT2D eigenvalue weighted by Crippen LogP contribution is 2.21. The Morgan fingerprint density at radius 2 is 1.75 bits per heavy atom. The van der Waals surface area contributed by atoms with Gasteiger partial charge in [0, 0.05) is 37.3 Å². The van der Waals surface area contributed by atoms with Gasteiger partial charge in [-0.3, -0.25) is 30.0 Å². The number of imide groups is 1. The number of hydrogen-bond donors (Lipinski definition) is 4. The molecule has 1 aliphatic rings. The Labute approximate surface area is 210 Å². The van der Waals surface area contributed by atoms with Gasteiger partial charge in [0.2, 0.25) is 5.91 Å². The van der Waals surface area contributed by atoms with Crippen LogP contribution in [-0.2, 0) is 16.1 Å². The number of hydrogen-bond acceptors (Lipinski definition) is 6. The van der Waals surface area contributed by atoms with E-state index in [0.29, 0.717) is 30.1 Å². The second kappa shape index (κ2) is 13.8. The van der Waals surface area contributed by atoms with Crippen molar-refractivity contribution >= 4 is 29.4 Å². The molecular weight excluding hydrogens is 462 g/mol. The summed E-state index contributed by atoms with van der Waals surface area (Å²) in [6.45, 7) is 3.35. The number of benzene rings is 2. The summed E-state index contributed by atoms with van der Waals surface area (Å²) in [5.74, 6) is -0.293. The van der Waals surface area contributed by atoms with Gasteiger partial charge in [-0.1, -0.05) is 38.3 Å². The summed E-state index contributed by atoms with van der Waals surface area (Å²) >= 11 is 0. The van der Waals surface area contributed by atoms with E-state index in [0.717, 1.165) is 24.9 Å². The van der Waals surface area contributed by atoms with E-state index in [1.165, 1.54) is 17.7 Å². The zero-order chi connectivity index (χ0) is 25.8. The van der Waals surface area contributed by atoms with Crippen molar-refractivity contribution in [1.82, 2.24) is 21.5 Å². The molecule has 0 aliphatic carbocycles. The van der Waals surface area contributed by atoms with Gasteiger partial charge in [-0.25, -0.2) is 10.2 Å². The standard InChI is InChI=1S/C26H33N5O5/c1-2-3-4-5-15-28-30-25(34)20-8-6-19(7-9-20)17-27-24(33)18-36-22-12-10-21(11-13-22)31-16-14-23(32)29-26(31)35/h6-13,28H,2-5,14-18H2,1H3,(H,27,33)(H,30,34)(H,29,32,35). The van der Waals surface area contributed by atoms with Crippen LogP contribution in [0, 0.1) is 0 Å². The Kier molecular flexibility index (Phi) is 10.3. The fraction of sp³-hybridized carbons (Fsp3) is 0.385. The molecule has 4 N–H and O–H groups in total. The van der Waals surface area contributed by atoms with Crippen LogP contribution in [0.3, 0.4) is 0 Å². The number of urea groups is 1. The molecule has 0 bridgehead atoms. The average Bonchev–Trinajstić information content (AvgIpc) is 2.89. The number of ether oxygens (including phenoxy) is 1. The van der Waals surface area contributed by atoms with Crippen molar-refractivity contribution in [3.8, 4) is 5.75 Å². The van der Waals surface area contributed by atoms with Crippen LogP contribution in [0.15, 0.2) is 48.5 Å². The Morgan fingerprint density at radius 1 is 1.00 bits per heavy atom. The lowest BCUT2D eigenvalue weighted by Gasteiger charge is -2.26. The number of nitrogens with zero attached hydrogens (tertiary/aromatic N) is 1. The molecule has 10 heteroatoms. The Hall–Kier alpha value is -3.92. The smallest absolute Gasteiger partial charge is 0.328 e. The number of amides is 5. The number of anilines is 1. The fourth-order valence-corrected chi connectivity index (χ4v) is 3.56. The molecule has 0 radical (unpaired) electrons. The number of nitrogens with one attached hydrogen (secondary N) is 4. The van der Waals surface area contributed by atoms with Crippen molar-refractivity contribution in [2.24, 2.45) is 0 Å². The van der Waals surface area contributed by atoms with Crippen molar-refractivity contribution in [3.63, 3.8) is 0 Å². The molecule has 5 amide bonds. The first kappa shape index (κ1) is 26.7. The molecule has 0 spiro atoms. The maximum atomic E-state index is 12.2. The van der Waals surface area contributed by atoms with Crippen LogP contribution in [0.25, 0.3) is 0 Å². The minimum Gasteiger partial charge on any atom is -0.484 e. The van der Waals surface area contributed by atoms with Gasteiger partial charge in [0.05, 0.1) is 0 Å². The van der Waals surface area contributed by atoms with Crippen LogP contribution in [0.4, 0.5) is 10.5 Å². The third-order valence-corrected chi connectivity index (χ3v) is 5.64. The minimum atomic E-state index is -0.456. The van der Waals surface area contributed by atoms with E-state index in [4.69, 9.17) is 4.74 Å². The molecule has 36 heavy (non-hydrogen) atoms. The van der Waals surface area contributed by atoms with E-state index in [-0.39, 0.29) is 30.7 Å². The molecule has 192 valence electrons. The highest BCUT2D eigenvalue weighted by atomic mass is 16.5. The van der Waals surface area contributed by atoms with E-state index in [1.807, 2.05) is 0 Å². The number of unbranched alkanes of at least 4 members (excludes halogenated alkanes) is 3. The van der Waals surface area contributed by atoms with Gasteiger partial charge < -0.3 is 10.1 Å². The normalized spacial score (nSPS) is 13.2. The summed E-state index contributed by atoms with van der Waals surface area (Å²) in [4.78, 5) is 49.0. The van der Waals surface area contributed by atoms with E-state index < -0.39 is 6.03 Å². The maximum Gasteiger partial charge on any atom is 0.328 e. The summed E-state index contributed by atoms with van der Waals surface area (Å²) in [5, 5.41) is 5.06. The van der Waals surface area contributed by atoms with Crippen molar-refractivity contribution in [1.29, 1.82) is 0 Å². The van der Waals surface area contributed by atoms with Crippen molar-refractivity contribution in [2.45, 2.75) is 45.6 Å². The van der Waals surface area contributed by atoms with Gasteiger partial charge in [-0.05, 0) is 48.4 Å². The lowest BCUT2D eigenvalue weighted by molar-refractivity contribution is -0.123. The SMILES string of the molecule is CCCCCCNNC(=O)c1ccc(CNC(=O)COc2ccc(N3CCC(=O)NC3=O)cc2)cc1. The summed E-state index contributed by atoms with van der Waals surface area (Å²) in [6.07, 6.45) is 4.77. The van der Waals surface area contributed by atoms with Crippen LogP contribution >= 0.6 is 0 Å². The van der Waals surface area contributed by atoms with Gasteiger partial charge >= 0.3 is 6.03 Å². The second-order valence-corrected chi connectivity index (χ2v) is 8.45. The predicted molar refractivity (Wildman–Crippen MR) is 135 cm³/mol. The number of carbonyl (C=O) groups excluding carboxylic acids is 4. The molecule has 3 rings (SSSR count). The molecule has 0 unspecified atom stereocenters. The Balaban J connectivity index is 1.35. The predicted octanol–water partition coefficient (Wildman–Crippen LogP) is 2.64. The first-order chi connectivity index (χ1) is 17.5. The quantitative estimate of drug-likeness (QED) is 0.250. The monoisotopic (exact) mass is 495 g/mol. The number of carbonyl (C=O) groups is 4. The highest BCUT2D eigenvalue weighted by Gasteiger charge is 2.24. The third kappa shape index (κ3) is 8.38. The molecule has 1 heterocycles. The molecular formula is C26H33N5O5. The van der Waals surface area contributed by atoms with Crippen LogP contribution < -0.4 is 31.1 Å². The molecule has 10 nitrogen and oxygen atoms in total. The summed E-state index contributed by atoms with van der Waals surface area (Å²) < 4.78 is 5.52. The molecule has 2 aromatic carbocycles. The molecule has 1 fully saturated rings. The van der Waals surface area contributed by atoms with E-state index in [1.54, 1.807) is 48.5 Å². The molecule has 0 aromatic heterocycles. The molecule has 0 atom stereocenters. The summed E-state index contributed by atoms with van der Waals surface area (Å²) in [6, 6.07) is 13.3. The van der Waals surface area contributed by atoms with Crippen molar-refractivity contribution < 1.29 is 23.9 Å². The Morgan fingerprint density at radius 3 is 2.44 bits per heavy atom. The fourth-order valence-electron chi connectivity index (χ4n) is 3.56. The third-order valence-electron chi connectivity index (χ3n) is 5.64. The average molecular weight is 496 g/mol. The number of rotatable bonds is 13. The van der Waals surface area contributed by atoms with Gasteiger partial charge in [-0.15, -0.1) is 0 Å². The van der Waals surface area contributed by atoms with Crippen LogP contribution in [0.2, 0.25) is 0 Å². The number of hydrazine groups is 1. The van der Waals surface area contributed by atoms with Gasteiger partial charge in [0.25, 0.3) is 11.8 Å². The van der Waals surface area contributed by atoms with Gasteiger partial charge in [-0.2, -0.15) is 0 Å². The van der Waals surface area contributed by atoms with Crippen LogP contribution in [0.1, 0.15) is 54.9 Å². The summed E-state index contributed by atoms with van der Waals surface area (Å²) in [5.41, 5.74) is 7.66. The van der Waals surface area contributed by atoms with Crippen LogP contribution in [-0.4, -0.2) is 43.4 Å². The van der Waals surface area contributed by atoms with Gasteiger partial charge in [0.1, 0.15) is 5.75 Å². The lowest BCUT2D eigenvalue weighted by atomic mass is 10.1. The van der Waals surface area contributed by atoms with Gasteiger partial charge in [0.15, 0.2) is 6.61 Å². The largest absolute Gasteiger partial charge is 0.484 e. The zero-order valence-electron chi connectivity index (χ0n) is 20.5. The van der Waals surface area contributed by atoms with Crippen LogP contribution in [0.5, 0.6) is 5.75 Å². The molecule has 1 saturated heterocycles. The summed E-state index contributed by atoms with van der Waals surface area (Å²) in [7, 11) is 0. The van der Waals surface area contributed by atoms with Crippen molar-refractivity contribution in [3.05, 3.63) is 59.7 Å². The minimum absolute atomic E-state index is 0.164. The topological polar surface area (TPSA) is 129 Å². The first-order valence-corrected chi connectivity index (χ1v) is 12.2. The zero-order valence-corrected chi connectivity index (χ0v) is 20.5. The molecule has 1 aliphatic heterocycles.